The van der Waals surface area contributed by atoms with Gasteiger partial charge in [-0.3, -0.25) is 4.99 Å². The van der Waals surface area contributed by atoms with Gasteiger partial charge < -0.3 is 29.5 Å². The molecule has 3 N–H and O–H groups in total. The van der Waals surface area contributed by atoms with Crippen LogP contribution >= 0.6 is 0 Å². The summed E-state index contributed by atoms with van der Waals surface area (Å²) in [4.78, 5) is 4.13. The quantitative estimate of drug-likeness (QED) is 0.666. The van der Waals surface area contributed by atoms with Crippen LogP contribution < -0.4 is 0 Å². The minimum Gasteiger partial charge on any atom is -0.507 e. The van der Waals surface area contributed by atoms with Gasteiger partial charge in [0, 0.05) is 11.8 Å². The molecule has 0 amide bonds. The summed E-state index contributed by atoms with van der Waals surface area (Å²) in [5.74, 6) is 0.0770. The number of aliphatic hydroxyl groups excluding tert-OH is 2. The SMILES string of the molecule is CC1OC[C@H]2O[C@@H](N=Cc3ccccc3O)[C@H](O)[C@@H](O)[C@@H]2O1. The number of hydrogen-bond acceptors (Lipinski definition) is 7. The lowest BCUT2D eigenvalue weighted by atomic mass is 9.97. The van der Waals surface area contributed by atoms with Gasteiger partial charge >= 0.3 is 0 Å². The number of phenolic OH excluding ortho intramolecular Hbond substituents is 1. The largest absolute Gasteiger partial charge is 0.507 e. The van der Waals surface area contributed by atoms with Gasteiger partial charge in [-0.05, 0) is 19.1 Å². The van der Waals surface area contributed by atoms with Crippen LogP contribution in [0.4, 0.5) is 0 Å². The molecule has 7 nitrogen and oxygen atoms in total. The van der Waals surface area contributed by atoms with Crippen LogP contribution in [0.15, 0.2) is 29.3 Å². The maximum atomic E-state index is 10.2. The number of aliphatic imine (C=N–C) groups is 1. The molecule has 2 aliphatic rings. The third kappa shape index (κ3) is 2.99. The lowest BCUT2D eigenvalue weighted by Crippen LogP contribution is -2.62. The Bertz CT molecular complexity index is 549. The van der Waals surface area contributed by atoms with Crippen LogP contribution in [0.25, 0.3) is 0 Å². The molecule has 3 rings (SSSR count). The average molecular weight is 309 g/mol. The fraction of sp³-hybridized carbons (Fsp3) is 0.533. The van der Waals surface area contributed by atoms with E-state index in [4.69, 9.17) is 14.2 Å². The number of hydrogen-bond donors (Lipinski definition) is 3. The number of aromatic hydroxyl groups is 1. The van der Waals surface area contributed by atoms with Gasteiger partial charge in [-0.15, -0.1) is 0 Å². The van der Waals surface area contributed by atoms with E-state index >= 15 is 0 Å². The summed E-state index contributed by atoms with van der Waals surface area (Å²) in [6.07, 6.45) is -3.46. The number of rotatable bonds is 2. The summed E-state index contributed by atoms with van der Waals surface area (Å²) in [6, 6.07) is 6.68. The van der Waals surface area contributed by atoms with Crippen molar-refractivity contribution >= 4 is 6.21 Å². The van der Waals surface area contributed by atoms with Gasteiger partial charge in [-0.1, -0.05) is 12.1 Å². The van der Waals surface area contributed by atoms with Crippen molar-refractivity contribution in [1.29, 1.82) is 0 Å². The Hall–Kier alpha value is -1.51. The smallest absolute Gasteiger partial charge is 0.177 e. The van der Waals surface area contributed by atoms with E-state index < -0.39 is 36.9 Å². The molecule has 2 fully saturated rings. The van der Waals surface area contributed by atoms with Gasteiger partial charge in [0.15, 0.2) is 12.5 Å². The van der Waals surface area contributed by atoms with Gasteiger partial charge in [0.05, 0.1) is 6.61 Å². The van der Waals surface area contributed by atoms with Gasteiger partial charge in [-0.2, -0.15) is 0 Å². The molecular formula is C15H19NO6. The van der Waals surface area contributed by atoms with Gasteiger partial charge in [-0.25, -0.2) is 0 Å². The van der Waals surface area contributed by atoms with E-state index in [1.54, 1.807) is 25.1 Å². The Labute approximate surface area is 127 Å². The molecule has 6 atom stereocenters. The number of phenols is 1. The Morgan fingerprint density at radius 1 is 1.18 bits per heavy atom. The topological polar surface area (TPSA) is 101 Å². The van der Waals surface area contributed by atoms with Crippen molar-refractivity contribution in [1.82, 2.24) is 0 Å². The molecule has 0 aromatic heterocycles. The van der Waals surface area contributed by atoms with Gasteiger partial charge in [0.25, 0.3) is 0 Å². The normalized spacial score (nSPS) is 38.9. The summed E-state index contributed by atoms with van der Waals surface area (Å²) < 4.78 is 16.4. The minimum atomic E-state index is -1.21. The van der Waals surface area contributed by atoms with Crippen LogP contribution in [0.1, 0.15) is 12.5 Å². The molecule has 22 heavy (non-hydrogen) atoms. The lowest BCUT2D eigenvalue weighted by molar-refractivity contribution is -0.319. The van der Waals surface area contributed by atoms with Crippen molar-refractivity contribution in [3.8, 4) is 5.75 Å². The predicted molar refractivity (Wildman–Crippen MR) is 76.7 cm³/mol. The zero-order chi connectivity index (χ0) is 15.7. The zero-order valence-corrected chi connectivity index (χ0v) is 12.1. The Morgan fingerprint density at radius 3 is 2.73 bits per heavy atom. The van der Waals surface area contributed by atoms with Crippen molar-refractivity contribution in [2.75, 3.05) is 6.61 Å². The van der Waals surface area contributed by atoms with E-state index in [2.05, 4.69) is 4.99 Å². The molecule has 1 unspecified atom stereocenters. The highest BCUT2D eigenvalue weighted by atomic mass is 16.7. The molecule has 0 aliphatic carbocycles. The molecule has 0 bridgehead atoms. The molecule has 0 spiro atoms. The predicted octanol–water partition coefficient (Wildman–Crippen LogP) is 0.0192. The standard InChI is InChI=1S/C15H19NO6/c1-8-20-7-11-14(21-8)12(18)13(19)15(22-11)16-6-9-4-2-3-5-10(9)17/h2-6,8,11-15,17-19H,7H2,1H3/t8?,11-,12-,13-,14-,15-/m1/s1. The Balaban J connectivity index is 1.74. The number of para-hydroxylation sites is 1. The van der Waals surface area contributed by atoms with Crippen molar-refractivity contribution in [2.45, 2.75) is 43.9 Å². The fourth-order valence-corrected chi connectivity index (χ4v) is 2.59. The molecule has 2 heterocycles. The van der Waals surface area contributed by atoms with Crippen molar-refractivity contribution in [2.24, 2.45) is 4.99 Å². The number of nitrogens with zero attached hydrogens (tertiary/aromatic N) is 1. The fourth-order valence-electron chi connectivity index (χ4n) is 2.59. The highest BCUT2D eigenvalue weighted by molar-refractivity contribution is 5.83. The summed E-state index contributed by atoms with van der Waals surface area (Å²) >= 11 is 0. The van der Waals surface area contributed by atoms with Gasteiger partial charge in [0.2, 0.25) is 0 Å². The molecular weight excluding hydrogens is 290 g/mol. The number of aliphatic hydroxyl groups is 2. The highest BCUT2D eigenvalue weighted by Crippen LogP contribution is 2.28. The molecule has 2 saturated heterocycles. The molecule has 0 saturated carbocycles. The van der Waals surface area contributed by atoms with Crippen molar-refractivity contribution in [3.05, 3.63) is 29.8 Å². The van der Waals surface area contributed by atoms with Crippen LogP contribution in [0, 0.1) is 0 Å². The van der Waals surface area contributed by atoms with E-state index in [-0.39, 0.29) is 12.4 Å². The first-order chi connectivity index (χ1) is 10.6. The van der Waals surface area contributed by atoms with Crippen molar-refractivity contribution < 1.29 is 29.5 Å². The molecule has 0 radical (unpaired) electrons. The lowest BCUT2D eigenvalue weighted by Gasteiger charge is -2.44. The van der Waals surface area contributed by atoms with Crippen LogP contribution in [-0.2, 0) is 14.2 Å². The van der Waals surface area contributed by atoms with Crippen LogP contribution in [0.2, 0.25) is 0 Å². The molecule has 7 heteroatoms. The molecule has 1 aromatic rings. The van der Waals surface area contributed by atoms with Gasteiger partial charge in [0.1, 0.15) is 30.2 Å². The van der Waals surface area contributed by atoms with E-state index in [1.807, 2.05) is 0 Å². The van der Waals surface area contributed by atoms with E-state index in [0.717, 1.165) is 0 Å². The van der Waals surface area contributed by atoms with E-state index in [9.17, 15) is 15.3 Å². The first kappa shape index (κ1) is 15.4. The monoisotopic (exact) mass is 309 g/mol. The van der Waals surface area contributed by atoms with Crippen molar-refractivity contribution in [3.63, 3.8) is 0 Å². The second-order valence-electron chi connectivity index (χ2n) is 5.38. The maximum absolute atomic E-state index is 10.2. The van der Waals surface area contributed by atoms with E-state index in [1.165, 1.54) is 12.3 Å². The highest BCUT2D eigenvalue weighted by Gasteiger charge is 2.47. The second-order valence-corrected chi connectivity index (χ2v) is 5.38. The first-order valence-electron chi connectivity index (χ1n) is 7.16. The summed E-state index contributed by atoms with van der Waals surface area (Å²) in [6.45, 7) is 1.98. The molecule has 1 aromatic carbocycles. The third-order valence-corrected chi connectivity index (χ3v) is 3.80. The summed E-state index contributed by atoms with van der Waals surface area (Å²) in [7, 11) is 0. The second kappa shape index (κ2) is 6.31. The van der Waals surface area contributed by atoms with E-state index in [0.29, 0.717) is 5.56 Å². The molecule has 2 aliphatic heterocycles. The average Bonchev–Trinajstić information content (AvgIpc) is 2.51. The third-order valence-electron chi connectivity index (χ3n) is 3.80. The number of ether oxygens (including phenoxy) is 3. The first-order valence-corrected chi connectivity index (χ1v) is 7.16. The number of fused-ring (bicyclic) bond motifs is 1. The zero-order valence-electron chi connectivity index (χ0n) is 12.1. The minimum absolute atomic E-state index is 0.0770. The van der Waals surface area contributed by atoms with Crippen LogP contribution in [0.3, 0.4) is 0 Å². The Morgan fingerprint density at radius 2 is 1.95 bits per heavy atom. The number of benzene rings is 1. The molecule has 120 valence electrons. The summed E-state index contributed by atoms with van der Waals surface area (Å²) in [5, 5.41) is 30.0. The Kier molecular flexibility index (Phi) is 4.42. The maximum Gasteiger partial charge on any atom is 0.177 e. The van der Waals surface area contributed by atoms with Crippen LogP contribution in [0.5, 0.6) is 5.75 Å². The summed E-state index contributed by atoms with van der Waals surface area (Å²) in [5.41, 5.74) is 0.500. The van der Waals surface area contributed by atoms with Crippen LogP contribution in [-0.4, -0.2) is 65.1 Å².